The number of carbonyl (C=O) groups is 3. The van der Waals surface area contributed by atoms with Crippen LogP contribution in [0.1, 0.15) is 15.9 Å². The fourth-order valence-electron chi connectivity index (χ4n) is 3.11. The molecule has 2 aromatic carbocycles. The zero-order valence-corrected chi connectivity index (χ0v) is 15.6. The van der Waals surface area contributed by atoms with E-state index in [0.717, 1.165) is 17.4 Å². The van der Waals surface area contributed by atoms with E-state index in [1.54, 1.807) is 25.2 Å². The van der Waals surface area contributed by atoms with Crippen LogP contribution in [-0.4, -0.2) is 34.3 Å². The van der Waals surface area contributed by atoms with Gasteiger partial charge in [0, 0.05) is 12.6 Å². The average molecular weight is 396 g/mol. The summed E-state index contributed by atoms with van der Waals surface area (Å²) in [5.41, 5.74) is 2.15. The van der Waals surface area contributed by atoms with Crippen molar-refractivity contribution < 1.29 is 19.5 Å². The standard InChI is InChI=1S/C19H12N2O4S2/c1-20-13-8-3-2-7-12(13)14(16(20)22)15-17(23)21(19(26)27-15)11-6-4-5-10(9-11)18(24)25/h2-9H,1H3,(H,24,25)/b15-14-. The molecule has 0 unspecified atom stereocenters. The number of rotatable bonds is 2. The lowest BCUT2D eigenvalue weighted by molar-refractivity contribution is -0.115. The van der Waals surface area contributed by atoms with Crippen molar-refractivity contribution in [2.24, 2.45) is 0 Å². The summed E-state index contributed by atoms with van der Waals surface area (Å²) in [6.07, 6.45) is 0. The van der Waals surface area contributed by atoms with E-state index in [1.807, 2.05) is 18.2 Å². The fraction of sp³-hybridized carbons (Fsp3) is 0.0526. The van der Waals surface area contributed by atoms with Crippen LogP contribution in [0.3, 0.4) is 0 Å². The lowest BCUT2D eigenvalue weighted by atomic mass is 10.1. The Hall–Kier alpha value is -2.97. The van der Waals surface area contributed by atoms with Crippen LogP contribution in [0.4, 0.5) is 11.4 Å². The van der Waals surface area contributed by atoms with Gasteiger partial charge in [0.2, 0.25) is 0 Å². The molecule has 0 aliphatic carbocycles. The van der Waals surface area contributed by atoms with Gasteiger partial charge in [-0.3, -0.25) is 14.5 Å². The minimum atomic E-state index is -1.10. The molecule has 2 amide bonds. The van der Waals surface area contributed by atoms with Gasteiger partial charge in [0.1, 0.15) is 0 Å². The third kappa shape index (κ3) is 2.65. The molecule has 1 saturated heterocycles. The molecule has 0 atom stereocenters. The molecular formula is C19H12N2O4S2. The molecular weight excluding hydrogens is 384 g/mol. The molecule has 6 nitrogen and oxygen atoms in total. The highest BCUT2D eigenvalue weighted by atomic mass is 32.2. The lowest BCUT2D eigenvalue weighted by Gasteiger charge is -2.15. The van der Waals surface area contributed by atoms with Gasteiger partial charge in [0.25, 0.3) is 11.8 Å². The summed E-state index contributed by atoms with van der Waals surface area (Å²) >= 11 is 6.40. The molecule has 0 radical (unpaired) electrons. The summed E-state index contributed by atoms with van der Waals surface area (Å²) in [4.78, 5) is 40.1. The molecule has 2 heterocycles. The maximum Gasteiger partial charge on any atom is 0.335 e. The van der Waals surface area contributed by atoms with E-state index in [0.29, 0.717) is 16.8 Å². The third-order valence-corrected chi connectivity index (χ3v) is 5.77. The number of amides is 2. The number of carbonyl (C=O) groups excluding carboxylic acids is 2. The van der Waals surface area contributed by atoms with Crippen molar-refractivity contribution in [3.05, 3.63) is 64.6 Å². The topological polar surface area (TPSA) is 77.9 Å². The van der Waals surface area contributed by atoms with Gasteiger partial charge < -0.3 is 10.0 Å². The number of carboxylic acids is 1. The van der Waals surface area contributed by atoms with Gasteiger partial charge in [0.15, 0.2) is 4.32 Å². The van der Waals surface area contributed by atoms with Crippen LogP contribution in [0.15, 0.2) is 53.4 Å². The van der Waals surface area contributed by atoms with Crippen molar-refractivity contribution in [1.82, 2.24) is 0 Å². The fourth-order valence-corrected chi connectivity index (χ4v) is 4.48. The van der Waals surface area contributed by atoms with Crippen molar-refractivity contribution >= 4 is 63.0 Å². The zero-order chi connectivity index (χ0) is 19.3. The number of nitrogens with zero attached hydrogens (tertiary/aromatic N) is 2. The van der Waals surface area contributed by atoms with E-state index in [9.17, 15) is 19.5 Å². The van der Waals surface area contributed by atoms with Gasteiger partial charge in [-0.1, -0.05) is 48.2 Å². The number of carboxylic acid groups (broad SMARTS) is 1. The minimum Gasteiger partial charge on any atom is -0.478 e. The smallest absolute Gasteiger partial charge is 0.335 e. The molecule has 2 aliphatic rings. The summed E-state index contributed by atoms with van der Waals surface area (Å²) in [5.74, 6) is -1.79. The Morgan fingerprint density at radius 2 is 1.81 bits per heavy atom. The number of hydrogen-bond acceptors (Lipinski definition) is 5. The van der Waals surface area contributed by atoms with E-state index < -0.39 is 11.9 Å². The first-order valence-electron chi connectivity index (χ1n) is 7.91. The number of likely N-dealkylation sites (N-methyl/N-ethyl adjacent to an activating group) is 1. The number of fused-ring (bicyclic) bond motifs is 1. The normalized spacial score (nSPS) is 19.1. The first-order chi connectivity index (χ1) is 12.9. The first-order valence-corrected chi connectivity index (χ1v) is 9.14. The number of anilines is 2. The summed E-state index contributed by atoms with van der Waals surface area (Å²) in [7, 11) is 1.66. The number of para-hydroxylation sites is 1. The highest BCUT2D eigenvalue weighted by molar-refractivity contribution is 8.27. The number of aromatic carboxylic acids is 1. The van der Waals surface area contributed by atoms with Crippen LogP contribution >= 0.6 is 24.0 Å². The largest absolute Gasteiger partial charge is 0.478 e. The van der Waals surface area contributed by atoms with E-state index in [2.05, 4.69) is 0 Å². The van der Waals surface area contributed by atoms with Crippen LogP contribution in [0, 0.1) is 0 Å². The monoisotopic (exact) mass is 396 g/mol. The van der Waals surface area contributed by atoms with Crippen LogP contribution in [0.5, 0.6) is 0 Å². The van der Waals surface area contributed by atoms with Crippen molar-refractivity contribution in [1.29, 1.82) is 0 Å². The highest BCUT2D eigenvalue weighted by Crippen LogP contribution is 2.45. The second-order valence-electron chi connectivity index (χ2n) is 5.95. The molecule has 2 aromatic rings. The Morgan fingerprint density at radius 3 is 2.56 bits per heavy atom. The highest BCUT2D eigenvalue weighted by Gasteiger charge is 2.41. The van der Waals surface area contributed by atoms with Gasteiger partial charge in [-0.05, 0) is 24.3 Å². The van der Waals surface area contributed by atoms with Crippen molar-refractivity contribution in [2.45, 2.75) is 0 Å². The van der Waals surface area contributed by atoms with Crippen molar-refractivity contribution in [3.63, 3.8) is 0 Å². The number of benzene rings is 2. The molecule has 134 valence electrons. The van der Waals surface area contributed by atoms with E-state index in [4.69, 9.17) is 12.2 Å². The minimum absolute atomic E-state index is 0.0521. The molecule has 1 N–H and O–H groups in total. The van der Waals surface area contributed by atoms with Crippen molar-refractivity contribution in [3.8, 4) is 0 Å². The Kier molecular flexibility index (Phi) is 4.09. The van der Waals surface area contributed by atoms with Crippen molar-refractivity contribution in [2.75, 3.05) is 16.8 Å². The number of hydrogen-bond donors (Lipinski definition) is 1. The third-order valence-electron chi connectivity index (χ3n) is 4.40. The maximum absolute atomic E-state index is 13.1. The van der Waals surface area contributed by atoms with E-state index in [-0.39, 0.29) is 20.7 Å². The van der Waals surface area contributed by atoms with E-state index in [1.165, 1.54) is 21.9 Å². The molecule has 2 aliphatic heterocycles. The average Bonchev–Trinajstić information content (AvgIpc) is 3.08. The zero-order valence-electron chi connectivity index (χ0n) is 14.0. The molecule has 27 heavy (non-hydrogen) atoms. The van der Waals surface area contributed by atoms with Crippen LogP contribution < -0.4 is 9.80 Å². The van der Waals surface area contributed by atoms with Crippen LogP contribution in [-0.2, 0) is 9.59 Å². The summed E-state index contributed by atoms with van der Waals surface area (Å²) in [5, 5.41) is 9.18. The quantitative estimate of drug-likeness (QED) is 0.621. The molecule has 0 aromatic heterocycles. The van der Waals surface area contributed by atoms with Gasteiger partial charge >= 0.3 is 5.97 Å². The molecule has 8 heteroatoms. The maximum atomic E-state index is 13.1. The summed E-state index contributed by atoms with van der Waals surface area (Å²) < 4.78 is 0.255. The Labute approximate surface area is 164 Å². The number of thiocarbonyl (C=S) groups is 1. The SMILES string of the molecule is CN1C(=O)/C(=C2\SC(=S)N(c3cccc(C(=O)O)c3)C2=O)c2ccccc21. The van der Waals surface area contributed by atoms with Gasteiger partial charge in [-0.25, -0.2) is 4.79 Å². The lowest BCUT2D eigenvalue weighted by Crippen LogP contribution is -2.28. The molecule has 0 spiro atoms. The molecule has 0 saturated carbocycles. The Bertz CT molecular complexity index is 1080. The summed E-state index contributed by atoms with van der Waals surface area (Å²) in [6, 6.07) is 13.2. The second kappa shape index (κ2) is 6.33. The van der Waals surface area contributed by atoms with Crippen LogP contribution in [0.2, 0.25) is 0 Å². The molecule has 1 fully saturated rings. The Morgan fingerprint density at radius 1 is 1.07 bits per heavy atom. The predicted molar refractivity (Wildman–Crippen MR) is 108 cm³/mol. The summed E-state index contributed by atoms with van der Waals surface area (Å²) in [6.45, 7) is 0. The van der Waals surface area contributed by atoms with Crippen LogP contribution in [0.25, 0.3) is 5.57 Å². The van der Waals surface area contributed by atoms with Gasteiger partial charge in [-0.2, -0.15) is 0 Å². The first kappa shape index (κ1) is 17.4. The number of thioether (sulfide) groups is 1. The van der Waals surface area contributed by atoms with E-state index >= 15 is 0 Å². The van der Waals surface area contributed by atoms with Gasteiger partial charge in [-0.15, -0.1) is 0 Å². The van der Waals surface area contributed by atoms with Gasteiger partial charge in [0.05, 0.1) is 27.4 Å². The molecule has 4 rings (SSSR count). The second-order valence-corrected chi connectivity index (χ2v) is 7.59. The molecule has 0 bridgehead atoms. The predicted octanol–water partition coefficient (Wildman–Crippen LogP) is 3.14. The Balaban J connectivity index is 1.83.